The number of rotatable bonds is 2. The summed E-state index contributed by atoms with van der Waals surface area (Å²) in [5.41, 5.74) is 2.35. The summed E-state index contributed by atoms with van der Waals surface area (Å²) in [7, 11) is 0. The van der Waals surface area contributed by atoms with Gasteiger partial charge in [-0.2, -0.15) is 10.1 Å². The number of benzene rings is 2. The van der Waals surface area contributed by atoms with Gasteiger partial charge in [0.1, 0.15) is 5.75 Å². The van der Waals surface area contributed by atoms with Crippen LogP contribution in [0.25, 0.3) is 16.3 Å². The number of aromatic hydroxyl groups is 1. The number of hydrazone groups is 1. The van der Waals surface area contributed by atoms with Crippen LogP contribution in [-0.4, -0.2) is 21.7 Å². The SMILES string of the molecule is CC1=NN(c2nc3ccccc3s2)C(=O)/C1=C/c1cc(Br)cc(Br)c1O. The van der Waals surface area contributed by atoms with Crippen molar-refractivity contribution in [1.29, 1.82) is 0 Å². The number of carbonyl (C=O) groups excluding carboxylic acids is 1. The molecule has 0 saturated heterocycles. The molecule has 8 heteroatoms. The highest BCUT2D eigenvalue weighted by atomic mass is 79.9. The van der Waals surface area contributed by atoms with Crippen molar-refractivity contribution in [2.75, 3.05) is 5.01 Å². The van der Waals surface area contributed by atoms with Gasteiger partial charge in [0.25, 0.3) is 5.91 Å². The minimum Gasteiger partial charge on any atom is -0.506 e. The molecule has 0 radical (unpaired) electrons. The maximum absolute atomic E-state index is 12.9. The number of nitrogens with zero attached hydrogens (tertiary/aromatic N) is 3. The predicted molar refractivity (Wildman–Crippen MR) is 112 cm³/mol. The number of hydrogen-bond donors (Lipinski definition) is 1. The minimum atomic E-state index is -0.267. The summed E-state index contributed by atoms with van der Waals surface area (Å²) in [6, 6.07) is 11.2. The Hall–Kier alpha value is -2.03. The molecule has 2 heterocycles. The van der Waals surface area contributed by atoms with Crippen molar-refractivity contribution in [3.8, 4) is 5.75 Å². The first-order valence-electron chi connectivity index (χ1n) is 7.59. The van der Waals surface area contributed by atoms with Crippen molar-refractivity contribution in [3.63, 3.8) is 0 Å². The lowest BCUT2D eigenvalue weighted by atomic mass is 10.1. The number of phenols is 1. The van der Waals surface area contributed by atoms with Gasteiger partial charge in [-0.25, -0.2) is 4.98 Å². The topological polar surface area (TPSA) is 65.8 Å². The molecule has 0 fully saturated rings. The van der Waals surface area contributed by atoms with E-state index in [4.69, 9.17) is 0 Å². The average Bonchev–Trinajstić information content (AvgIpc) is 3.15. The van der Waals surface area contributed by atoms with Crippen LogP contribution in [0, 0.1) is 0 Å². The molecule has 26 heavy (non-hydrogen) atoms. The number of carbonyl (C=O) groups is 1. The van der Waals surface area contributed by atoms with Crippen LogP contribution in [0.5, 0.6) is 5.75 Å². The molecule has 1 N–H and O–H groups in total. The van der Waals surface area contributed by atoms with Crippen LogP contribution in [0.2, 0.25) is 0 Å². The Labute approximate surface area is 169 Å². The van der Waals surface area contributed by atoms with Gasteiger partial charge < -0.3 is 5.11 Å². The van der Waals surface area contributed by atoms with Gasteiger partial charge >= 0.3 is 0 Å². The highest BCUT2D eigenvalue weighted by molar-refractivity contribution is 9.11. The van der Waals surface area contributed by atoms with E-state index in [1.807, 2.05) is 24.3 Å². The second-order valence-corrected chi connectivity index (χ2v) is 8.43. The molecular weight excluding hydrogens is 482 g/mol. The fourth-order valence-electron chi connectivity index (χ4n) is 2.62. The van der Waals surface area contributed by atoms with Gasteiger partial charge in [-0.15, -0.1) is 0 Å². The molecule has 4 rings (SSSR count). The zero-order valence-corrected chi connectivity index (χ0v) is 17.4. The molecule has 0 saturated carbocycles. The first-order valence-corrected chi connectivity index (χ1v) is 9.99. The fraction of sp³-hybridized carbons (Fsp3) is 0.0556. The summed E-state index contributed by atoms with van der Waals surface area (Å²) in [5, 5.41) is 16.4. The van der Waals surface area contributed by atoms with Crippen molar-refractivity contribution in [2.24, 2.45) is 5.10 Å². The molecule has 2 aromatic carbocycles. The molecule has 0 spiro atoms. The van der Waals surface area contributed by atoms with Crippen LogP contribution in [0.1, 0.15) is 12.5 Å². The van der Waals surface area contributed by atoms with Gasteiger partial charge in [-0.1, -0.05) is 39.4 Å². The Balaban J connectivity index is 1.75. The van der Waals surface area contributed by atoms with Crippen LogP contribution >= 0.6 is 43.2 Å². The number of amides is 1. The zero-order valence-electron chi connectivity index (χ0n) is 13.4. The van der Waals surface area contributed by atoms with E-state index in [0.717, 1.165) is 14.7 Å². The second kappa shape index (κ2) is 6.61. The van der Waals surface area contributed by atoms with Crippen molar-refractivity contribution >= 4 is 76.2 Å². The molecule has 1 aromatic heterocycles. The summed E-state index contributed by atoms with van der Waals surface area (Å²) >= 11 is 8.10. The number of thiazole rings is 1. The van der Waals surface area contributed by atoms with E-state index >= 15 is 0 Å². The number of aromatic nitrogens is 1. The molecular formula is C18H11Br2N3O2S. The number of para-hydroxylation sites is 1. The largest absolute Gasteiger partial charge is 0.506 e. The van der Waals surface area contributed by atoms with Crippen molar-refractivity contribution in [2.45, 2.75) is 6.92 Å². The van der Waals surface area contributed by atoms with E-state index in [9.17, 15) is 9.90 Å². The van der Waals surface area contributed by atoms with Gasteiger partial charge in [-0.05, 0) is 53.2 Å². The highest BCUT2D eigenvalue weighted by Crippen LogP contribution is 2.36. The molecule has 5 nitrogen and oxygen atoms in total. The maximum atomic E-state index is 12.9. The van der Waals surface area contributed by atoms with Gasteiger partial charge in [0.2, 0.25) is 5.13 Å². The van der Waals surface area contributed by atoms with Crippen molar-refractivity contribution < 1.29 is 9.90 Å². The van der Waals surface area contributed by atoms with E-state index in [-0.39, 0.29) is 11.7 Å². The number of anilines is 1. The van der Waals surface area contributed by atoms with Crippen LogP contribution in [0.3, 0.4) is 0 Å². The summed E-state index contributed by atoms with van der Waals surface area (Å²) in [6.45, 7) is 1.77. The standard InChI is InChI=1S/C18H11Br2N3O2S/c1-9-12(7-10-6-11(19)8-13(20)16(10)24)17(25)23(22-9)18-21-14-4-2-3-5-15(14)26-18/h2-8,24H,1H3/b12-7+. The Morgan fingerprint density at radius 3 is 2.77 bits per heavy atom. The first-order chi connectivity index (χ1) is 12.4. The van der Waals surface area contributed by atoms with Crippen LogP contribution in [-0.2, 0) is 4.79 Å². The summed E-state index contributed by atoms with van der Waals surface area (Å²) in [6.07, 6.45) is 1.64. The monoisotopic (exact) mass is 491 g/mol. The molecule has 0 bridgehead atoms. The van der Waals surface area contributed by atoms with Gasteiger partial charge in [-0.3, -0.25) is 4.79 Å². The lowest BCUT2D eigenvalue weighted by Crippen LogP contribution is -2.21. The Morgan fingerprint density at radius 2 is 2.00 bits per heavy atom. The number of phenolic OH excluding ortho intramolecular Hbond substituents is 1. The molecule has 0 atom stereocenters. The van der Waals surface area contributed by atoms with E-state index in [0.29, 0.717) is 26.5 Å². The summed E-state index contributed by atoms with van der Waals surface area (Å²) < 4.78 is 2.33. The predicted octanol–water partition coefficient (Wildman–Crippen LogP) is 5.33. The van der Waals surface area contributed by atoms with Crippen LogP contribution in [0.4, 0.5) is 5.13 Å². The minimum absolute atomic E-state index is 0.0692. The van der Waals surface area contributed by atoms with Crippen molar-refractivity contribution in [1.82, 2.24) is 4.98 Å². The Bertz CT molecular complexity index is 1090. The number of hydrogen-bond acceptors (Lipinski definition) is 5. The number of halogens is 2. The fourth-order valence-corrected chi connectivity index (χ4v) is 4.79. The molecule has 130 valence electrons. The Morgan fingerprint density at radius 1 is 1.23 bits per heavy atom. The molecule has 1 aliphatic rings. The quantitative estimate of drug-likeness (QED) is 0.491. The third-order valence-electron chi connectivity index (χ3n) is 3.88. The van der Waals surface area contributed by atoms with Crippen LogP contribution in [0.15, 0.2) is 56.0 Å². The van der Waals surface area contributed by atoms with E-state index in [1.54, 1.807) is 25.1 Å². The number of fused-ring (bicyclic) bond motifs is 1. The van der Waals surface area contributed by atoms with E-state index in [1.165, 1.54) is 16.3 Å². The van der Waals surface area contributed by atoms with E-state index in [2.05, 4.69) is 41.9 Å². The zero-order chi connectivity index (χ0) is 18.4. The third kappa shape index (κ3) is 2.98. The molecule has 1 aliphatic heterocycles. The molecule has 0 unspecified atom stereocenters. The van der Waals surface area contributed by atoms with Crippen LogP contribution < -0.4 is 5.01 Å². The second-order valence-electron chi connectivity index (χ2n) is 5.65. The van der Waals surface area contributed by atoms with E-state index < -0.39 is 0 Å². The summed E-state index contributed by atoms with van der Waals surface area (Å²) in [4.78, 5) is 17.4. The van der Waals surface area contributed by atoms with Crippen molar-refractivity contribution in [3.05, 3.63) is 56.5 Å². The lowest BCUT2D eigenvalue weighted by molar-refractivity contribution is -0.114. The highest BCUT2D eigenvalue weighted by Gasteiger charge is 2.31. The molecule has 0 aliphatic carbocycles. The van der Waals surface area contributed by atoms with Gasteiger partial charge in [0.15, 0.2) is 0 Å². The molecule has 1 amide bonds. The van der Waals surface area contributed by atoms with Gasteiger partial charge in [0.05, 0.1) is 26.0 Å². The summed E-state index contributed by atoms with van der Waals surface area (Å²) in [5.74, 6) is -0.197. The smallest absolute Gasteiger partial charge is 0.282 e. The Kier molecular flexibility index (Phi) is 4.42. The average molecular weight is 493 g/mol. The normalized spacial score (nSPS) is 16.0. The lowest BCUT2D eigenvalue weighted by Gasteiger charge is -2.07. The van der Waals surface area contributed by atoms with Gasteiger partial charge in [0, 0.05) is 10.0 Å². The molecule has 3 aromatic rings. The first kappa shape index (κ1) is 17.4. The maximum Gasteiger partial charge on any atom is 0.282 e. The third-order valence-corrected chi connectivity index (χ3v) is 5.96.